The molecule has 3 rings (SSSR count). The van der Waals surface area contributed by atoms with Crippen LogP contribution in [0.25, 0.3) is 5.69 Å². The van der Waals surface area contributed by atoms with E-state index in [-0.39, 0.29) is 5.91 Å². The van der Waals surface area contributed by atoms with Crippen molar-refractivity contribution in [1.29, 1.82) is 0 Å². The maximum Gasteiger partial charge on any atom is 0.230 e. The average molecular weight is 356 g/mol. The lowest BCUT2D eigenvalue weighted by atomic mass is 9.97. The maximum atomic E-state index is 12.1. The first kappa shape index (κ1) is 17.7. The fourth-order valence-corrected chi connectivity index (χ4v) is 3.64. The predicted octanol–water partition coefficient (Wildman–Crippen LogP) is 3.67. The van der Waals surface area contributed by atoms with Crippen molar-refractivity contribution in [3.63, 3.8) is 0 Å². The van der Waals surface area contributed by atoms with Crippen LogP contribution in [0, 0.1) is 6.92 Å². The standard InChI is InChI=1S/C19H24N4OS/c1-15-7-9-17(10-8-15)23-14-21-22-19(23)25-13-18(24)20-12-11-16-5-3-2-4-6-16/h5,7-10,14H,2-4,6,11-13H2,1H3,(H,20,24). The normalized spacial score (nSPS) is 14.2. The van der Waals surface area contributed by atoms with Gasteiger partial charge in [0.2, 0.25) is 5.91 Å². The molecule has 0 saturated carbocycles. The minimum atomic E-state index is 0.0415. The number of thioether (sulfide) groups is 1. The van der Waals surface area contributed by atoms with Gasteiger partial charge in [-0.05, 0) is 51.2 Å². The van der Waals surface area contributed by atoms with Gasteiger partial charge in [0.1, 0.15) is 6.33 Å². The second-order valence-corrected chi connectivity index (χ2v) is 7.26. The summed E-state index contributed by atoms with van der Waals surface area (Å²) in [7, 11) is 0. The summed E-state index contributed by atoms with van der Waals surface area (Å²) in [4.78, 5) is 12.1. The molecule has 1 aromatic heterocycles. The molecule has 0 bridgehead atoms. The zero-order valence-electron chi connectivity index (χ0n) is 14.6. The van der Waals surface area contributed by atoms with Gasteiger partial charge in [-0.2, -0.15) is 0 Å². The summed E-state index contributed by atoms with van der Waals surface area (Å²) in [6.07, 6.45) is 9.93. The fraction of sp³-hybridized carbons (Fsp3) is 0.421. The molecule has 132 valence electrons. The van der Waals surface area contributed by atoms with Gasteiger partial charge >= 0.3 is 0 Å². The van der Waals surface area contributed by atoms with E-state index < -0.39 is 0 Å². The van der Waals surface area contributed by atoms with Gasteiger partial charge in [0.25, 0.3) is 0 Å². The molecule has 0 atom stereocenters. The Balaban J connectivity index is 1.47. The summed E-state index contributed by atoms with van der Waals surface area (Å²) in [6.45, 7) is 2.77. The van der Waals surface area contributed by atoms with Gasteiger partial charge in [-0.25, -0.2) is 0 Å². The molecule has 1 aliphatic carbocycles. The van der Waals surface area contributed by atoms with Gasteiger partial charge in [0, 0.05) is 12.2 Å². The lowest BCUT2D eigenvalue weighted by Gasteiger charge is -2.12. The van der Waals surface area contributed by atoms with Crippen molar-refractivity contribution in [2.24, 2.45) is 0 Å². The van der Waals surface area contributed by atoms with E-state index >= 15 is 0 Å². The Labute approximate surface area is 152 Å². The minimum Gasteiger partial charge on any atom is -0.355 e. The number of aromatic nitrogens is 3. The van der Waals surface area contributed by atoms with Crippen LogP contribution >= 0.6 is 11.8 Å². The second-order valence-electron chi connectivity index (χ2n) is 6.32. The number of nitrogens with zero attached hydrogens (tertiary/aromatic N) is 3. The molecule has 0 spiro atoms. The number of aryl methyl sites for hydroxylation is 1. The number of nitrogens with one attached hydrogen (secondary N) is 1. The lowest BCUT2D eigenvalue weighted by Crippen LogP contribution is -2.26. The smallest absolute Gasteiger partial charge is 0.230 e. The number of rotatable bonds is 7. The minimum absolute atomic E-state index is 0.0415. The molecule has 0 saturated heterocycles. The topological polar surface area (TPSA) is 59.8 Å². The zero-order valence-corrected chi connectivity index (χ0v) is 15.4. The third-order valence-corrected chi connectivity index (χ3v) is 5.26. The molecule has 6 heteroatoms. The number of carbonyl (C=O) groups is 1. The molecule has 1 aliphatic rings. The zero-order chi connectivity index (χ0) is 17.5. The predicted molar refractivity (Wildman–Crippen MR) is 101 cm³/mol. The van der Waals surface area contributed by atoms with E-state index in [0.29, 0.717) is 5.75 Å². The Morgan fingerprint density at radius 2 is 2.12 bits per heavy atom. The van der Waals surface area contributed by atoms with Crippen molar-refractivity contribution in [1.82, 2.24) is 20.1 Å². The van der Waals surface area contributed by atoms with Crippen LogP contribution in [0.4, 0.5) is 0 Å². The summed E-state index contributed by atoms with van der Waals surface area (Å²) >= 11 is 1.41. The van der Waals surface area contributed by atoms with Crippen LogP contribution < -0.4 is 5.32 Å². The number of hydrogen-bond acceptors (Lipinski definition) is 4. The summed E-state index contributed by atoms with van der Waals surface area (Å²) in [6, 6.07) is 8.16. The van der Waals surface area contributed by atoms with Crippen molar-refractivity contribution < 1.29 is 4.79 Å². The summed E-state index contributed by atoms with van der Waals surface area (Å²) < 4.78 is 1.91. The first-order valence-electron chi connectivity index (χ1n) is 8.77. The highest BCUT2D eigenvalue weighted by Crippen LogP contribution is 2.20. The fourth-order valence-electron chi connectivity index (χ4n) is 2.88. The molecule has 1 amide bonds. The number of allylic oxidation sites excluding steroid dienone is 1. The van der Waals surface area contributed by atoms with Gasteiger partial charge in [-0.3, -0.25) is 9.36 Å². The van der Waals surface area contributed by atoms with Gasteiger partial charge in [-0.1, -0.05) is 41.1 Å². The van der Waals surface area contributed by atoms with Gasteiger partial charge < -0.3 is 5.32 Å². The highest BCUT2D eigenvalue weighted by Gasteiger charge is 2.10. The third kappa shape index (κ3) is 5.19. The Morgan fingerprint density at radius 1 is 1.28 bits per heavy atom. The van der Waals surface area contributed by atoms with E-state index in [2.05, 4.69) is 40.6 Å². The molecule has 1 heterocycles. The second kappa shape index (κ2) is 8.85. The summed E-state index contributed by atoms with van der Waals surface area (Å²) in [5.74, 6) is 0.392. The molecule has 1 aromatic carbocycles. The number of hydrogen-bond donors (Lipinski definition) is 1. The third-order valence-electron chi connectivity index (χ3n) is 4.31. The maximum absolute atomic E-state index is 12.1. The monoisotopic (exact) mass is 356 g/mol. The number of amides is 1. The molecular weight excluding hydrogens is 332 g/mol. The summed E-state index contributed by atoms with van der Waals surface area (Å²) in [5, 5.41) is 11.8. The van der Waals surface area contributed by atoms with E-state index in [9.17, 15) is 4.79 Å². The molecule has 25 heavy (non-hydrogen) atoms. The van der Waals surface area contributed by atoms with Crippen LogP contribution in [0.2, 0.25) is 0 Å². The van der Waals surface area contributed by atoms with Crippen LogP contribution in [0.1, 0.15) is 37.7 Å². The molecule has 2 aromatic rings. The molecular formula is C19H24N4OS. The average Bonchev–Trinajstić information content (AvgIpc) is 3.10. The van der Waals surface area contributed by atoms with Gasteiger partial charge in [0.15, 0.2) is 5.16 Å². The van der Waals surface area contributed by atoms with E-state index in [0.717, 1.165) is 23.8 Å². The van der Waals surface area contributed by atoms with Crippen LogP contribution in [0.3, 0.4) is 0 Å². The quantitative estimate of drug-likeness (QED) is 0.607. The van der Waals surface area contributed by atoms with Crippen LogP contribution in [0.15, 0.2) is 47.4 Å². The largest absolute Gasteiger partial charge is 0.355 e. The Hall–Kier alpha value is -2.08. The first-order chi connectivity index (χ1) is 12.2. The van der Waals surface area contributed by atoms with Crippen molar-refractivity contribution in [3.05, 3.63) is 47.8 Å². The summed E-state index contributed by atoms with van der Waals surface area (Å²) in [5.41, 5.74) is 3.69. The first-order valence-corrected chi connectivity index (χ1v) is 9.75. The van der Waals surface area contributed by atoms with Crippen LogP contribution in [-0.4, -0.2) is 33.0 Å². The lowest BCUT2D eigenvalue weighted by molar-refractivity contribution is -0.118. The Morgan fingerprint density at radius 3 is 2.88 bits per heavy atom. The Kier molecular flexibility index (Phi) is 6.28. The van der Waals surface area contributed by atoms with Crippen molar-refractivity contribution in [3.8, 4) is 5.69 Å². The molecule has 0 unspecified atom stereocenters. The molecule has 1 N–H and O–H groups in total. The van der Waals surface area contributed by atoms with E-state index in [4.69, 9.17) is 0 Å². The number of carbonyl (C=O) groups excluding carboxylic acids is 1. The molecule has 0 aliphatic heterocycles. The van der Waals surface area contributed by atoms with Gasteiger partial charge in [0.05, 0.1) is 5.75 Å². The van der Waals surface area contributed by atoms with Crippen molar-refractivity contribution in [2.45, 2.75) is 44.2 Å². The SMILES string of the molecule is Cc1ccc(-n2cnnc2SCC(=O)NCCC2=CCCCC2)cc1. The van der Waals surface area contributed by atoms with Gasteiger partial charge in [-0.15, -0.1) is 10.2 Å². The van der Waals surface area contributed by atoms with E-state index in [1.807, 2.05) is 16.7 Å². The molecule has 0 radical (unpaired) electrons. The Bertz CT molecular complexity index is 736. The molecule has 5 nitrogen and oxygen atoms in total. The number of benzene rings is 1. The van der Waals surface area contributed by atoms with Crippen LogP contribution in [0.5, 0.6) is 0 Å². The van der Waals surface area contributed by atoms with Crippen LogP contribution in [-0.2, 0) is 4.79 Å². The van der Waals surface area contributed by atoms with E-state index in [1.54, 1.807) is 6.33 Å². The highest BCUT2D eigenvalue weighted by molar-refractivity contribution is 7.99. The molecule has 0 fully saturated rings. The van der Waals surface area contributed by atoms with E-state index in [1.165, 1.54) is 48.6 Å². The van der Waals surface area contributed by atoms with Crippen molar-refractivity contribution in [2.75, 3.05) is 12.3 Å². The highest BCUT2D eigenvalue weighted by atomic mass is 32.2. The van der Waals surface area contributed by atoms with Crippen molar-refractivity contribution >= 4 is 17.7 Å².